The molecule has 122 valence electrons. The second-order valence-corrected chi connectivity index (χ2v) is 5.27. The molecule has 0 saturated carbocycles. The van der Waals surface area contributed by atoms with E-state index in [0.717, 1.165) is 12.1 Å². The molecule has 1 aromatic carbocycles. The van der Waals surface area contributed by atoms with Gasteiger partial charge in [0.1, 0.15) is 0 Å². The second kappa shape index (κ2) is 5.70. The third-order valence-corrected chi connectivity index (χ3v) is 3.73. The van der Waals surface area contributed by atoms with E-state index in [1.807, 2.05) is 0 Å². The van der Waals surface area contributed by atoms with Crippen molar-refractivity contribution in [3.63, 3.8) is 0 Å². The van der Waals surface area contributed by atoms with Crippen LogP contribution in [0, 0.1) is 0 Å². The Balaban J connectivity index is 2.08. The maximum absolute atomic E-state index is 12.8. The van der Waals surface area contributed by atoms with Crippen LogP contribution in [0.2, 0.25) is 0 Å². The highest BCUT2D eigenvalue weighted by Crippen LogP contribution is 2.30. The van der Waals surface area contributed by atoms with Gasteiger partial charge < -0.3 is 0 Å². The summed E-state index contributed by atoms with van der Waals surface area (Å²) in [6.07, 6.45) is -4.32. The quantitative estimate of drug-likeness (QED) is 0.833. The number of carbonyl (C=O) groups is 2. The topological polar surface area (TPSA) is 47.0 Å². The van der Waals surface area contributed by atoms with Crippen LogP contribution in [0.25, 0.3) is 0 Å². The predicted molar refractivity (Wildman–Crippen MR) is 80.7 cm³/mol. The predicted octanol–water partition coefficient (Wildman–Crippen LogP) is 4.04. The zero-order chi connectivity index (χ0) is 20.0. The van der Waals surface area contributed by atoms with Crippen LogP contribution in [0.1, 0.15) is 42.9 Å². The summed E-state index contributed by atoms with van der Waals surface area (Å²) in [6, 6.07) is 7.69. The van der Waals surface area contributed by atoms with Crippen molar-refractivity contribution in [2.75, 3.05) is 0 Å². The van der Waals surface area contributed by atoms with Crippen LogP contribution in [0.15, 0.2) is 53.7 Å². The molecule has 1 heterocycles. The van der Waals surface area contributed by atoms with E-state index in [1.165, 1.54) is 18.2 Å². The highest BCUT2D eigenvalue weighted by atomic mass is 19.4. The summed E-state index contributed by atoms with van der Waals surface area (Å²) in [6.45, 7) is -2.85. The molecule has 0 fully saturated rings. The van der Waals surface area contributed by atoms with Crippen LogP contribution in [0.5, 0.6) is 0 Å². The Kier molecular flexibility index (Phi) is 3.00. The fourth-order valence-corrected chi connectivity index (χ4v) is 2.47. The number of rotatable bonds is 2. The van der Waals surface area contributed by atoms with Gasteiger partial charge in [-0.25, -0.2) is 0 Å². The van der Waals surface area contributed by atoms with E-state index >= 15 is 0 Å². The van der Waals surface area contributed by atoms with Crippen molar-refractivity contribution in [3.8, 4) is 0 Å². The lowest BCUT2D eigenvalue weighted by Crippen LogP contribution is -2.22. The number of Topliss-reactive ketones (excluding diaryl/α,β-unsaturated/α-hetero) is 2. The molecule has 0 radical (unpaired) electrons. The van der Waals surface area contributed by atoms with Crippen molar-refractivity contribution in [2.24, 2.45) is 0 Å². The summed E-state index contributed by atoms with van der Waals surface area (Å²) in [7, 11) is 0. The number of fused-ring (bicyclic) bond motifs is 1. The Morgan fingerprint density at radius 1 is 1.04 bits per heavy atom. The highest BCUT2D eigenvalue weighted by Gasteiger charge is 2.32. The molecule has 0 spiro atoms. The largest absolute Gasteiger partial charge is 0.417 e. The van der Waals surface area contributed by atoms with Gasteiger partial charge in [-0.1, -0.05) is 24.3 Å². The van der Waals surface area contributed by atoms with Crippen molar-refractivity contribution in [3.05, 3.63) is 76.1 Å². The zero-order valence-corrected chi connectivity index (χ0v) is 12.1. The average Bonchev–Trinajstić information content (AvgIpc) is 2.58. The lowest BCUT2D eigenvalue weighted by molar-refractivity contribution is -0.137. The molecule has 0 aliphatic heterocycles. The minimum Gasteiger partial charge on any atom is -0.289 e. The van der Waals surface area contributed by atoms with Crippen LogP contribution in [0.3, 0.4) is 0 Å². The number of halogens is 3. The van der Waals surface area contributed by atoms with Gasteiger partial charge in [-0.2, -0.15) is 13.2 Å². The van der Waals surface area contributed by atoms with Crippen molar-refractivity contribution < 1.29 is 26.9 Å². The maximum atomic E-state index is 12.8. The molecule has 6 heteroatoms. The Morgan fingerprint density at radius 2 is 1.71 bits per heavy atom. The molecule has 2 aromatic rings. The number of benzene rings is 1. The van der Waals surface area contributed by atoms with Crippen LogP contribution < -0.4 is 0 Å². The monoisotopic (exact) mass is 334 g/mol. The van der Waals surface area contributed by atoms with Gasteiger partial charge in [0.2, 0.25) is 0 Å². The standard InChI is InChI=1S/C18H12F3NO2/c1-10-15(8-12-7-6-11(9-22-12)18(19,20)21)17(24)14-5-3-2-4-13(14)16(10)23/h2-7,9H,8H2,1H3/i1D3. The van der Waals surface area contributed by atoms with Crippen molar-refractivity contribution in [1.29, 1.82) is 0 Å². The van der Waals surface area contributed by atoms with Gasteiger partial charge >= 0.3 is 6.18 Å². The van der Waals surface area contributed by atoms with Crippen LogP contribution in [0.4, 0.5) is 13.2 Å². The van der Waals surface area contributed by atoms with Crippen molar-refractivity contribution in [1.82, 2.24) is 4.98 Å². The third kappa shape index (κ3) is 2.75. The van der Waals surface area contributed by atoms with E-state index in [2.05, 4.69) is 4.98 Å². The number of carbonyl (C=O) groups excluding carboxylic acids is 2. The van der Waals surface area contributed by atoms with Gasteiger partial charge in [-0.15, -0.1) is 0 Å². The van der Waals surface area contributed by atoms with Gasteiger partial charge in [0.15, 0.2) is 11.6 Å². The molecule has 24 heavy (non-hydrogen) atoms. The van der Waals surface area contributed by atoms with Crippen LogP contribution >= 0.6 is 0 Å². The zero-order valence-electron chi connectivity index (χ0n) is 15.1. The smallest absolute Gasteiger partial charge is 0.289 e. The number of ketones is 2. The maximum Gasteiger partial charge on any atom is 0.417 e. The van der Waals surface area contributed by atoms with E-state index < -0.39 is 35.7 Å². The number of nitrogens with zero attached hydrogens (tertiary/aromatic N) is 1. The first kappa shape index (κ1) is 12.6. The lowest BCUT2D eigenvalue weighted by atomic mass is 9.83. The number of allylic oxidation sites excluding steroid dienone is 2. The van der Waals surface area contributed by atoms with Gasteiger partial charge in [-0.3, -0.25) is 14.6 Å². The highest BCUT2D eigenvalue weighted by molar-refractivity contribution is 6.26. The average molecular weight is 334 g/mol. The molecule has 0 bridgehead atoms. The SMILES string of the molecule is [2H]C([2H])([2H])C1=C(Cc2ccc(C(F)(F)F)cn2)C(=O)c2ccccc2C1=O. The number of hydrogen-bond donors (Lipinski definition) is 0. The summed E-state index contributed by atoms with van der Waals surface area (Å²) in [5, 5.41) is 0. The Hall–Kier alpha value is -2.76. The molecule has 0 amide bonds. The van der Waals surface area contributed by atoms with Crippen molar-refractivity contribution >= 4 is 11.6 Å². The first-order chi connectivity index (χ1) is 12.5. The molecular formula is C18H12F3NO2. The van der Waals surface area contributed by atoms with E-state index in [0.29, 0.717) is 6.20 Å². The van der Waals surface area contributed by atoms with Gasteiger partial charge in [-0.05, 0) is 19.0 Å². The van der Waals surface area contributed by atoms with Crippen LogP contribution in [-0.2, 0) is 12.6 Å². The Labute approximate surface area is 140 Å². The molecule has 0 N–H and O–H groups in total. The summed E-state index contributed by atoms with van der Waals surface area (Å²) in [4.78, 5) is 29.1. The summed E-state index contributed by atoms with van der Waals surface area (Å²) >= 11 is 0. The van der Waals surface area contributed by atoms with Crippen LogP contribution in [-0.4, -0.2) is 16.6 Å². The molecule has 1 aliphatic carbocycles. The molecule has 1 aliphatic rings. The Bertz CT molecular complexity index is 961. The molecule has 3 nitrogen and oxygen atoms in total. The summed E-state index contributed by atoms with van der Waals surface area (Å²) in [5.74, 6) is -1.43. The second-order valence-electron chi connectivity index (χ2n) is 5.27. The minimum atomic E-state index is -4.57. The Morgan fingerprint density at radius 3 is 2.25 bits per heavy atom. The molecule has 0 saturated heterocycles. The van der Waals surface area contributed by atoms with E-state index in [4.69, 9.17) is 4.11 Å². The number of alkyl halides is 3. The molecule has 0 unspecified atom stereocenters. The van der Waals surface area contributed by atoms with Gasteiger partial charge in [0, 0.05) is 44.7 Å². The van der Waals surface area contributed by atoms with Gasteiger partial charge in [0.05, 0.1) is 5.56 Å². The number of pyridine rings is 1. The fourth-order valence-electron chi connectivity index (χ4n) is 2.47. The normalized spacial score (nSPS) is 17.2. The molecule has 3 rings (SSSR count). The third-order valence-electron chi connectivity index (χ3n) is 3.73. The first-order valence-corrected chi connectivity index (χ1v) is 6.94. The first-order valence-electron chi connectivity index (χ1n) is 8.44. The molecular weight excluding hydrogens is 319 g/mol. The minimum absolute atomic E-state index is 0.00208. The lowest BCUT2D eigenvalue weighted by Gasteiger charge is -2.18. The van der Waals surface area contributed by atoms with Gasteiger partial charge in [0.25, 0.3) is 0 Å². The number of aromatic nitrogens is 1. The molecule has 0 atom stereocenters. The summed E-state index contributed by atoms with van der Waals surface area (Å²) < 4.78 is 60.9. The molecule has 1 aromatic heterocycles. The summed E-state index contributed by atoms with van der Waals surface area (Å²) in [5.41, 5.74) is -1.73. The van der Waals surface area contributed by atoms with E-state index in [-0.39, 0.29) is 28.8 Å². The van der Waals surface area contributed by atoms with E-state index in [1.54, 1.807) is 6.07 Å². The van der Waals surface area contributed by atoms with Crippen molar-refractivity contribution in [2.45, 2.75) is 19.4 Å². The van der Waals surface area contributed by atoms with E-state index in [9.17, 15) is 22.8 Å². The number of hydrogen-bond acceptors (Lipinski definition) is 3. The fraction of sp³-hybridized carbons (Fsp3) is 0.167.